The van der Waals surface area contributed by atoms with Gasteiger partial charge in [0.1, 0.15) is 7.11 Å². The molecule has 164 valence electrons. The van der Waals surface area contributed by atoms with Gasteiger partial charge in [-0.25, -0.2) is 18.5 Å². The van der Waals surface area contributed by atoms with E-state index in [-0.39, 0.29) is 22.1 Å². The van der Waals surface area contributed by atoms with Crippen LogP contribution in [0.4, 0.5) is 11.6 Å². The molecule has 0 saturated carbocycles. The second kappa shape index (κ2) is 8.40. The Hall–Kier alpha value is -3.18. The van der Waals surface area contributed by atoms with E-state index in [1.54, 1.807) is 30.3 Å². The zero-order chi connectivity index (χ0) is 23.0. The van der Waals surface area contributed by atoms with Gasteiger partial charge in [-0.15, -0.1) is 4.73 Å². The lowest BCUT2D eigenvalue weighted by atomic mass is 10.1. The number of nitrogens with two attached hydrogens (primary N) is 1. The highest BCUT2D eigenvalue weighted by molar-refractivity contribution is 7.89. The van der Waals surface area contributed by atoms with Crippen LogP contribution in [0.1, 0.15) is 0 Å². The SMILES string of the molecule is COn1c(=O)c(-c2c(Cl)cccc2Cl)cc2cnc(Nc3cccc(S(N)(=O)=O)c3)nc21. The molecule has 12 heteroatoms. The molecule has 0 unspecified atom stereocenters. The van der Waals surface area contributed by atoms with Crippen molar-refractivity contribution in [2.45, 2.75) is 4.90 Å². The van der Waals surface area contributed by atoms with E-state index in [1.165, 1.54) is 31.5 Å². The third-order valence-corrected chi connectivity index (χ3v) is 6.08. The number of halogens is 2. The molecule has 2 aromatic carbocycles. The van der Waals surface area contributed by atoms with Crippen LogP contribution < -0.4 is 20.9 Å². The fraction of sp³-hybridized carbons (Fsp3) is 0.0500. The Morgan fingerprint density at radius 2 is 1.78 bits per heavy atom. The number of hydrogen-bond donors (Lipinski definition) is 2. The van der Waals surface area contributed by atoms with Crippen LogP contribution in [0, 0.1) is 0 Å². The quantitative estimate of drug-likeness (QED) is 0.438. The number of rotatable bonds is 5. The summed E-state index contributed by atoms with van der Waals surface area (Å²) in [6.45, 7) is 0. The second-order valence-corrected chi connectivity index (χ2v) is 8.98. The van der Waals surface area contributed by atoms with Crippen LogP contribution in [-0.2, 0) is 10.0 Å². The minimum Gasteiger partial charge on any atom is -0.412 e. The highest BCUT2D eigenvalue weighted by atomic mass is 35.5. The molecule has 0 amide bonds. The maximum Gasteiger partial charge on any atom is 0.293 e. The van der Waals surface area contributed by atoms with Gasteiger partial charge in [0.2, 0.25) is 16.0 Å². The average molecular weight is 492 g/mol. The van der Waals surface area contributed by atoms with Crippen molar-refractivity contribution in [3.05, 3.63) is 75.1 Å². The van der Waals surface area contributed by atoms with Gasteiger partial charge in [0.05, 0.1) is 20.5 Å². The van der Waals surface area contributed by atoms with Crippen molar-refractivity contribution in [1.82, 2.24) is 14.7 Å². The predicted molar refractivity (Wildman–Crippen MR) is 123 cm³/mol. The summed E-state index contributed by atoms with van der Waals surface area (Å²) >= 11 is 12.6. The van der Waals surface area contributed by atoms with Gasteiger partial charge in [0, 0.05) is 22.8 Å². The Morgan fingerprint density at radius 3 is 2.44 bits per heavy atom. The third kappa shape index (κ3) is 4.13. The first-order valence-corrected chi connectivity index (χ1v) is 11.3. The molecule has 2 heterocycles. The van der Waals surface area contributed by atoms with Crippen LogP contribution in [0.5, 0.6) is 0 Å². The van der Waals surface area contributed by atoms with Gasteiger partial charge in [-0.3, -0.25) is 4.79 Å². The maximum atomic E-state index is 13.1. The Kier molecular flexibility index (Phi) is 5.78. The molecule has 0 aliphatic rings. The van der Waals surface area contributed by atoms with Crippen molar-refractivity contribution in [1.29, 1.82) is 0 Å². The summed E-state index contributed by atoms with van der Waals surface area (Å²) in [6.07, 6.45) is 1.48. The maximum absolute atomic E-state index is 13.1. The van der Waals surface area contributed by atoms with Crippen LogP contribution in [-0.4, -0.2) is 30.2 Å². The van der Waals surface area contributed by atoms with Gasteiger partial charge in [-0.2, -0.15) is 4.98 Å². The van der Waals surface area contributed by atoms with E-state index in [9.17, 15) is 13.2 Å². The highest BCUT2D eigenvalue weighted by Crippen LogP contribution is 2.33. The van der Waals surface area contributed by atoms with Crippen LogP contribution in [0.25, 0.3) is 22.2 Å². The van der Waals surface area contributed by atoms with Crippen molar-refractivity contribution in [3.63, 3.8) is 0 Å². The third-order valence-electron chi connectivity index (χ3n) is 4.54. The van der Waals surface area contributed by atoms with E-state index in [2.05, 4.69) is 15.3 Å². The smallest absolute Gasteiger partial charge is 0.293 e. The first-order valence-electron chi connectivity index (χ1n) is 9.00. The second-order valence-electron chi connectivity index (χ2n) is 6.61. The van der Waals surface area contributed by atoms with Gasteiger partial charge in [-0.1, -0.05) is 35.3 Å². The first kappa shape index (κ1) is 22.0. The topological polar surface area (TPSA) is 129 Å². The van der Waals surface area contributed by atoms with E-state index in [0.29, 0.717) is 26.7 Å². The first-order chi connectivity index (χ1) is 15.2. The summed E-state index contributed by atoms with van der Waals surface area (Å²) in [7, 11) is -2.55. The van der Waals surface area contributed by atoms with E-state index >= 15 is 0 Å². The molecular formula is C20H15Cl2N5O4S. The molecule has 0 spiro atoms. The fourth-order valence-electron chi connectivity index (χ4n) is 3.11. The largest absolute Gasteiger partial charge is 0.412 e. The van der Waals surface area contributed by atoms with Crippen LogP contribution in [0.3, 0.4) is 0 Å². The van der Waals surface area contributed by atoms with Gasteiger partial charge < -0.3 is 10.2 Å². The molecule has 2 aromatic heterocycles. The number of primary sulfonamides is 1. The molecule has 3 N–H and O–H groups in total. The minimum absolute atomic E-state index is 0.0710. The molecule has 0 saturated heterocycles. The summed E-state index contributed by atoms with van der Waals surface area (Å²) < 4.78 is 24.1. The number of nitrogens with one attached hydrogen (secondary N) is 1. The van der Waals surface area contributed by atoms with Gasteiger partial charge in [-0.05, 0) is 36.4 Å². The standard InChI is InChI=1S/C20H15Cl2N5O4S/c1-31-27-18-11(8-14(19(27)28)17-15(21)6-3-7-16(17)22)10-24-20(26-18)25-12-4-2-5-13(9-12)32(23,29)30/h2-10H,1H3,(H2,23,29,30)(H,24,25,26). The number of fused-ring (bicyclic) bond motifs is 1. The average Bonchev–Trinajstić information content (AvgIpc) is 2.74. The molecule has 4 aromatic rings. The Bertz CT molecular complexity index is 1500. The van der Waals surface area contributed by atoms with Crippen molar-refractivity contribution in [2.75, 3.05) is 12.4 Å². The molecule has 32 heavy (non-hydrogen) atoms. The predicted octanol–water partition coefficient (Wildman–Crippen LogP) is 3.21. The summed E-state index contributed by atoms with van der Waals surface area (Å²) in [5.74, 6) is 0.109. The molecular weight excluding hydrogens is 477 g/mol. The molecule has 0 radical (unpaired) electrons. The van der Waals surface area contributed by atoms with Crippen molar-refractivity contribution >= 4 is 55.9 Å². The van der Waals surface area contributed by atoms with Crippen molar-refractivity contribution < 1.29 is 13.3 Å². The van der Waals surface area contributed by atoms with E-state index in [0.717, 1.165) is 4.73 Å². The summed E-state index contributed by atoms with van der Waals surface area (Å²) in [6, 6.07) is 12.4. The zero-order valence-electron chi connectivity index (χ0n) is 16.4. The van der Waals surface area contributed by atoms with E-state index in [4.69, 9.17) is 33.2 Å². The van der Waals surface area contributed by atoms with Gasteiger partial charge in [0.15, 0.2) is 5.65 Å². The monoisotopic (exact) mass is 491 g/mol. The van der Waals surface area contributed by atoms with E-state index < -0.39 is 15.6 Å². The lowest BCUT2D eigenvalue weighted by Gasteiger charge is -2.13. The number of hydrogen-bond acceptors (Lipinski definition) is 7. The Balaban J connectivity index is 1.83. The summed E-state index contributed by atoms with van der Waals surface area (Å²) in [5, 5.41) is 9.17. The Labute approximate surface area is 192 Å². The zero-order valence-corrected chi connectivity index (χ0v) is 18.7. The number of aromatic nitrogens is 3. The van der Waals surface area contributed by atoms with Crippen LogP contribution >= 0.6 is 23.2 Å². The fourth-order valence-corrected chi connectivity index (χ4v) is 4.27. The Morgan fingerprint density at radius 1 is 1.09 bits per heavy atom. The number of pyridine rings is 1. The molecule has 0 fully saturated rings. The van der Waals surface area contributed by atoms with E-state index in [1.807, 2.05) is 0 Å². The molecule has 9 nitrogen and oxygen atoms in total. The summed E-state index contributed by atoms with van der Waals surface area (Å²) in [5.41, 5.74) is 0.651. The number of nitrogens with zero attached hydrogens (tertiary/aromatic N) is 3. The highest BCUT2D eigenvalue weighted by Gasteiger charge is 2.18. The number of anilines is 2. The molecule has 4 rings (SSSR count). The van der Waals surface area contributed by atoms with Crippen molar-refractivity contribution in [2.24, 2.45) is 5.14 Å². The van der Waals surface area contributed by atoms with Crippen LogP contribution in [0.15, 0.2) is 64.4 Å². The normalized spacial score (nSPS) is 11.5. The number of sulfonamides is 1. The number of benzene rings is 2. The lowest BCUT2D eigenvalue weighted by molar-refractivity contribution is 0.168. The lowest BCUT2D eigenvalue weighted by Crippen LogP contribution is -2.27. The van der Waals surface area contributed by atoms with Crippen molar-refractivity contribution in [3.8, 4) is 11.1 Å². The van der Waals surface area contributed by atoms with Gasteiger partial charge in [0.25, 0.3) is 5.56 Å². The molecule has 0 bridgehead atoms. The molecule has 0 aliphatic heterocycles. The summed E-state index contributed by atoms with van der Waals surface area (Å²) in [4.78, 5) is 26.9. The molecule has 0 atom stereocenters. The van der Waals surface area contributed by atoms with Gasteiger partial charge >= 0.3 is 0 Å². The molecule has 0 aliphatic carbocycles. The van der Waals surface area contributed by atoms with Crippen LogP contribution in [0.2, 0.25) is 10.0 Å². The minimum atomic E-state index is -3.87.